The van der Waals surface area contributed by atoms with E-state index in [1.807, 2.05) is 24.3 Å². The molecule has 0 bridgehead atoms. The highest BCUT2D eigenvalue weighted by Gasteiger charge is 2.23. The van der Waals surface area contributed by atoms with Crippen LogP contribution in [0.15, 0.2) is 48.5 Å². The summed E-state index contributed by atoms with van der Waals surface area (Å²) >= 11 is 0. The Balaban J connectivity index is 1.42. The molecule has 0 spiro atoms. The van der Waals surface area contributed by atoms with E-state index in [4.69, 9.17) is 0 Å². The minimum absolute atomic E-state index is 0.206. The minimum atomic E-state index is -0.287. The molecule has 1 saturated carbocycles. The maximum Gasteiger partial charge on any atom is 0.319 e. The molecule has 1 fully saturated rings. The van der Waals surface area contributed by atoms with Crippen LogP contribution in [0.3, 0.4) is 0 Å². The lowest BCUT2D eigenvalue weighted by atomic mass is 10.2. The Morgan fingerprint density at radius 1 is 0.960 bits per heavy atom. The largest absolute Gasteiger partial charge is 0.335 e. The van der Waals surface area contributed by atoms with Gasteiger partial charge in [-0.1, -0.05) is 18.2 Å². The number of carbonyl (C=O) groups is 2. The maximum absolute atomic E-state index is 12.4. The number of H-pyrrole nitrogens is 1. The van der Waals surface area contributed by atoms with Gasteiger partial charge in [-0.15, -0.1) is 0 Å². The van der Waals surface area contributed by atoms with Crippen LogP contribution >= 0.6 is 0 Å². The maximum atomic E-state index is 12.4. The first kappa shape index (κ1) is 15.2. The second kappa shape index (κ2) is 6.27. The third-order valence-electron chi connectivity index (χ3n) is 4.00. The Morgan fingerprint density at radius 2 is 1.64 bits per heavy atom. The van der Waals surface area contributed by atoms with Crippen molar-refractivity contribution in [1.29, 1.82) is 0 Å². The van der Waals surface area contributed by atoms with Crippen molar-refractivity contribution in [2.45, 2.75) is 18.9 Å². The smallest absolute Gasteiger partial charge is 0.319 e. The Morgan fingerprint density at radius 3 is 2.36 bits per heavy atom. The van der Waals surface area contributed by atoms with Gasteiger partial charge in [-0.25, -0.2) is 4.79 Å². The van der Waals surface area contributed by atoms with Gasteiger partial charge in [-0.05, 0) is 43.2 Å². The van der Waals surface area contributed by atoms with Crippen molar-refractivity contribution in [2.75, 3.05) is 10.6 Å². The topological polar surface area (TPSA) is 98.9 Å². The molecule has 126 valence electrons. The molecule has 4 N–H and O–H groups in total. The van der Waals surface area contributed by atoms with Crippen LogP contribution < -0.4 is 16.0 Å². The van der Waals surface area contributed by atoms with Gasteiger partial charge in [-0.3, -0.25) is 9.89 Å². The summed E-state index contributed by atoms with van der Waals surface area (Å²) in [4.78, 5) is 24.1. The zero-order chi connectivity index (χ0) is 17.2. The van der Waals surface area contributed by atoms with Crippen molar-refractivity contribution >= 4 is 34.2 Å². The lowest BCUT2D eigenvalue weighted by Gasteiger charge is -2.08. The zero-order valence-electron chi connectivity index (χ0n) is 13.4. The molecule has 4 rings (SSSR count). The van der Waals surface area contributed by atoms with Gasteiger partial charge >= 0.3 is 6.03 Å². The third-order valence-corrected chi connectivity index (χ3v) is 4.00. The Labute approximate surface area is 143 Å². The second-order valence-corrected chi connectivity index (χ2v) is 6.02. The number of carbonyl (C=O) groups excluding carboxylic acids is 2. The van der Waals surface area contributed by atoms with Crippen LogP contribution in [0.2, 0.25) is 0 Å². The summed E-state index contributed by atoms with van der Waals surface area (Å²) in [6, 6.07) is 14.5. The van der Waals surface area contributed by atoms with E-state index >= 15 is 0 Å². The lowest BCUT2D eigenvalue weighted by Crippen LogP contribution is -2.30. The van der Waals surface area contributed by atoms with Crippen LogP contribution in [0.5, 0.6) is 0 Å². The Kier molecular flexibility index (Phi) is 3.81. The average Bonchev–Trinajstić information content (AvgIpc) is 3.31. The van der Waals surface area contributed by atoms with Crippen LogP contribution in [0.25, 0.3) is 10.9 Å². The molecule has 1 aromatic heterocycles. The van der Waals surface area contributed by atoms with E-state index < -0.39 is 0 Å². The van der Waals surface area contributed by atoms with Gasteiger partial charge in [0, 0.05) is 22.8 Å². The fourth-order valence-electron chi connectivity index (χ4n) is 2.54. The van der Waals surface area contributed by atoms with Crippen molar-refractivity contribution in [1.82, 2.24) is 15.5 Å². The predicted octanol–water partition coefficient (Wildman–Crippen LogP) is 3.10. The molecule has 0 saturated heterocycles. The second-order valence-electron chi connectivity index (χ2n) is 6.02. The molecule has 0 atom stereocenters. The van der Waals surface area contributed by atoms with E-state index in [1.54, 1.807) is 24.3 Å². The van der Waals surface area contributed by atoms with E-state index in [9.17, 15) is 9.59 Å². The number of nitrogens with one attached hydrogen (secondary N) is 4. The molecule has 1 aliphatic rings. The van der Waals surface area contributed by atoms with Gasteiger partial charge in [0.2, 0.25) is 0 Å². The monoisotopic (exact) mass is 335 g/mol. The summed E-state index contributed by atoms with van der Waals surface area (Å²) in [7, 11) is 0. The summed E-state index contributed by atoms with van der Waals surface area (Å²) in [5, 5.41) is 16.1. The number of aromatic amines is 1. The molecule has 2 aromatic carbocycles. The fraction of sp³-hybridized carbons (Fsp3) is 0.167. The highest BCUT2D eigenvalue weighted by molar-refractivity contribution is 6.11. The molecule has 25 heavy (non-hydrogen) atoms. The number of hydrogen-bond donors (Lipinski definition) is 4. The Hall–Kier alpha value is -3.35. The summed E-state index contributed by atoms with van der Waals surface area (Å²) in [6.07, 6.45) is 2.08. The quantitative estimate of drug-likeness (QED) is 0.589. The van der Waals surface area contributed by atoms with Crippen LogP contribution in [0.4, 0.5) is 16.2 Å². The van der Waals surface area contributed by atoms with Crippen molar-refractivity contribution in [3.05, 3.63) is 54.2 Å². The first-order chi connectivity index (χ1) is 12.2. The molecular formula is C18H17N5O2. The van der Waals surface area contributed by atoms with E-state index in [1.165, 1.54) is 0 Å². The van der Waals surface area contributed by atoms with Crippen molar-refractivity contribution in [3.8, 4) is 0 Å². The van der Waals surface area contributed by atoms with Gasteiger partial charge in [0.05, 0.1) is 5.52 Å². The van der Waals surface area contributed by atoms with E-state index in [-0.39, 0.29) is 11.9 Å². The van der Waals surface area contributed by atoms with Crippen molar-refractivity contribution in [3.63, 3.8) is 0 Å². The van der Waals surface area contributed by atoms with Crippen LogP contribution in [0, 0.1) is 0 Å². The number of nitrogens with zero attached hydrogens (tertiary/aromatic N) is 1. The highest BCUT2D eigenvalue weighted by Crippen LogP contribution is 2.20. The number of urea groups is 1. The van der Waals surface area contributed by atoms with E-state index in [2.05, 4.69) is 26.1 Å². The van der Waals surface area contributed by atoms with Gasteiger partial charge in [-0.2, -0.15) is 5.10 Å². The molecule has 3 aromatic rings. The molecular weight excluding hydrogens is 318 g/mol. The SMILES string of the molecule is O=C(Nc1ccc(NC(=O)c2n[nH]c3ccccc23)cc1)NC1CC1. The third kappa shape index (κ3) is 3.45. The fourth-order valence-corrected chi connectivity index (χ4v) is 2.54. The molecule has 1 aliphatic carbocycles. The number of rotatable bonds is 4. The Bertz CT molecular complexity index is 928. The highest BCUT2D eigenvalue weighted by atomic mass is 16.2. The van der Waals surface area contributed by atoms with Crippen LogP contribution in [-0.2, 0) is 0 Å². The summed E-state index contributed by atoms with van der Waals surface area (Å²) in [5.74, 6) is -0.287. The molecule has 3 amide bonds. The van der Waals surface area contributed by atoms with E-state index in [0.717, 1.165) is 23.7 Å². The van der Waals surface area contributed by atoms with Gasteiger partial charge < -0.3 is 16.0 Å². The molecule has 0 unspecified atom stereocenters. The first-order valence-electron chi connectivity index (χ1n) is 8.11. The molecule has 0 radical (unpaired) electrons. The molecule has 7 nitrogen and oxygen atoms in total. The zero-order valence-corrected chi connectivity index (χ0v) is 13.4. The van der Waals surface area contributed by atoms with Crippen LogP contribution in [-0.4, -0.2) is 28.2 Å². The number of fused-ring (bicyclic) bond motifs is 1. The number of hydrogen-bond acceptors (Lipinski definition) is 3. The number of aromatic nitrogens is 2. The van der Waals surface area contributed by atoms with Gasteiger partial charge in [0.1, 0.15) is 0 Å². The summed E-state index contributed by atoms with van der Waals surface area (Å²) in [6.45, 7) is 0. The normalized spacial score (nSPS) is 13.4. The predicted molar refractivity (Wildman–Crippen MR) is 95.7 cm³/mol. The number of para-hydroxylation sites is 1. The number of benzene rings is 2. The standard InChI is InChI=1S/C18H17N5O2/c24-17(16-14-3-1-2-4-15(14)22-23-16)19-11-5-7-12(8-6-11)20-18(25)21-13-9-10-13/h1-8,13H,9-10H2,(H,19,24)(H,22,23)(H2,20,21,25). The van der Waals surface area contributed by atoms with Crippen molar-refractivity contribution in [2.24, 2.45) is 0 Å². The first-order valence-corrected chi connectivity index (χ1v) is 8.11. The number of amides is 3. The lowest BCUT2D eigenvalue weighted by molar-refractivity contribution is 0.102. The minimum Gasteiger partial charge on any atom is -0.335 e. The molecule has 1 heterocycles. The average molecular weight is 335 g/mol. The van der Waals surface area contributed by atoms with Crippen molar-refractivity contribution < 1.29 is 9.59 Å². The number of anilines is 2. The summed E-state index contributed by atoms with van der Waals surface area (Å²) < 4.78 is 0. The summed E-state index contributed by atoms with van der Waals surface area (Å²) in [5.41, 5.74) is 2.46. The molecule has 7 heteroatoms. The van der Waals surface area contributed by atoms with Gasteiger partial charge in [0.15, 0.2) is 5.69 Å². The molecule has 0 aliphatic heterocycles. The van der Waals surface area contributed by atoms with Crippen LogP contribution in [0.1, 0.15) is 23.3 Å². The van der Waals surface area contributed by atoms with E-state index in [0.29, 0.717) is 23.1 Å². The van der Waals surface area contributed by atoms with Gasteiger partial charge in [0.25, 0.3) is 5.91 Å².